The van der Waals surface area contributed by atoms with E-state index >= 15 is 0 Å². The average Bonchev–Trinajstić information content (AvgIpc) is 3.20. The maximum atomic E-state index is 12.7. The third kappa shape index (κ3) is 5.31. The summed E-state index contributed by atoms with van der Waals surface area (Å²) >= 11 is 5.48. The van der Waals surface area contributed by atoms with Gasteiger partial charge in [0.15, 0.2) is 0 Å². The van der Waals surface area contributed by atoms with Crippen LogP contribution in [0.25, 0.3) is 11.1 Å². The van der Waals surface area contributed by atoms with Gasteiger partial charge in [0.05, 0.1) is 6.04 Å². The Balaban J connectivity index is 1.19. The maximum Gasteiger partial charge on any atom is 0.407 e. The Labute approximate surface area is 219 Å². The van der Waals surface area contributed by atoms with Crippen LogP contribution in [0.15, 0.2) is 106 Å². The third-order valence-corrected chi connectivity index (χ3v) is 8.12. The summed E-state index contributed by atoms with van der Waals surface area (Å²) in [6.45, 7) is 2.28. The summed E-state index contributed by atoms with van der Waals surface area (Å²) in [6.07, 6.45) is -0.409. The van der Waals surface area contributed by atoms with E-state index in [1.165, 1.54) is 32.7 Å². The van der Waals surface area contributed by atoms with E-state index in [1.807, 2.05) is 25.1 Å². The Morgan fingerprint density at radius 3 is 2.20 bits per heavy atom. The summed E-state index contributed by atoms with van der Waals surface area (Å²) in [5.74, 6) is 0.969. The van der Waals surface area contributed by atoms with E-state index in [4.69, 9.17) is 4.74 Å². The van der Waals surface area contributed by atoms with Crippen LogP contribution in [0.5, 0.6) is 0 Å². The molecule has 0 unspecified atom stereocenters. The van der Waals surface area contributed by atoms with Crippen molar-refractivity contribution < 1.29 is 9.53 Å². The highest BCUT2D eigenvalue weighted by Crippen LogP contribution is 2.44. The van der Waals surface area contributed by atoms with Crippen LogP contribution in [0.2, 0.25) is 0 Å². The molecule has 0 spiro atoms. The van der Waals surface area contributed by atoms with Crippen LogP contribution in [-0.2, 0) is 10.5 Å². The normalized spacial score (nSPS) is 13.1. The molecule has 3 nitrogen and oxygen atoms in total. The molecule has 5 rings (SSSR count). The lowest BCUT2D eigenvalue weighted by Gasteiger charge is -2.18. The first-order valence-electron chi connectivity index (χ1n) is 11.7. The molecule has 0 aromatic heterocycles. The van der Waals surface area contributed by atoms with E-state index in [2.05, 4.69) is 100 Å². The number of amides is 1. The Morgan fingerprint density at radius 2 is 1.54 bits per heavy atom. The van der Waals surface area contributed by atoms with Crippen LogP contribution in [0.3, 0.4) is 0 Å². The molecule has 1 aliphatic rings. The van der Waals surface area contributed by atoms with Crippen molar-refractivity contribution in [2.45, 2.75) is 29.5 Å². The lowest BCUT2D eigenvalue weighted by molar-refractivity contribution is 0.139. The molecule has 0 bridgehead atoms. The smallest absolute Gasteiger partial charge is 0.407 e. The van der Waals surface area contributed by atoms with Gasteiger partial charge >= 0.3 is 6.09 Å². The van der Waals surface area contributed by atoms with Gasteiger partial charge in [-0.1, -0.05) is 101 Å². The van der Waals surface area contributed by atoms with Gasteiger partial charge in [-0.25, -0.2) is 4.79 Å². The van der Waals surface area contributed by atoms with Crippen molar-refractivity contribution in [1.82, 2.24) is 5.32 Å². The zero-order chi connectivity index (χ0) is 24.2. The number of carbonyl (C=O) groups excluding carboxylic acids is 1. The van der Waals surface area contributed by atoms with Crippen LogP contribution >= 0.6 is 27.7 Å². The SMILES string of the molecule is C[C@@H](NC(=O)OCC1c2ccccc2-c2ccccc21)c1ccc(SCc2ccccc2)cc1Br. The molecular formula is C30H26BrNO2S. The molecule has 0 saturated carbocycles. The van der Waals surface area contributed by atoms with Gasteiger partial charge in [0.1, 0.15) is 6.61 Å². The molecule has 1 atom stereocenters. The van der Waals surface area contributed by atoms with Gasteiger partial charge in [-0.3, -0.25) is 0 Å². The summed E-state index contributed by atoms with van der Waals surface area (Å²) in [5.41, 5.74) is 7.17. The second-order valence-electron chi connectivity index (χ2n) is 8.65. The number of halogens is 1. The second-order valence-corrected chi connectivity index (χ2v) is 10.6. The van der Waals surface area contributed by atoms with E-state index in [0.29, 0.717) is 6.61 Å². The molecule has 1 amide bonds. The average molecular weight is 545 g/mol. The maximum absolute atomic E-state index is 12.7. The highest BCUT2D eigenvalue weighted by atomic mass is 79.9. The predicted octanol–water partition coefficient (Wildman–Crippen LogP) is 8.34. The van der Waals surface area contributed by atoms with Crippen molar-refractivity contribution in [3.05, 3.63) is 124 Å². The number of hydrogen-bond donors (Lipinski definition) is 1. The number of benzene rings is 4. The standard InChI is InChI=1S/C30H26BrNO2S/c1-20(23-16-15-22(17-29(23)31)35-19-21-9-3-2-4-10-21)32-30(33)34-18-28-26-13-7-5-11-24(26)25-12-6-8-14-27(25)28/h2-17,20,28H,18-19H2,1H3,(H,32,33)/t20-/m1/s1. The molecule has 0 aliphatic heterocycles. The lowest BCUT2D eigenvalue weighted by Crippen LogP contribution is -2.29. The van der Waals surface area contributed by atoms with E-state index in [0.717, 1.165) is 15.8 Å². The summed E-state index contributed by atoms with van der Waals surface area (Å²) in [7, 11) is 0. The molecule has 176 valence electrons. The zero-order valence-corrected chi connectivity index (χ0v) is 21.8. The molecule has 0 radical (unpaired) electrons. The molecule has 4 aromatic carbocycles. The van der Waals surface area contributed by atoms with Gasteiger partial charge < -0.3 is 10.1 Å². The molecule has 0 saturated heterocycles. The zero-order valence-electron chi connectivity index (χ0n) is 19.4. The van der Waals surface area contributed by atoms with Crippen LogP contribution in [-0.4, -0.2) is 12.7 Å². The van der Waals surface area contributed by atoms with Crippen molar-refractivity contribution in [1.29, 1.82) is 0 Å². The molecule has 35 heavy (non-hydrogen) atoms. The Kier molecular flexibility index (Phi) is 7.26. The highest BCUT2D eigenvalue weighted by molar-refractivity contribution is 9.10. The number of hydrogen-bond acceptors (Lipinski definition) is 3. The molecule has 0 fully saturated rings. The summed E-state index contributed by atoms with van der Waals surface area (Å²) in [6, 6.07) is 33.2. The lowest BCUT2D eigenvalue weighted by atomic mass is 9.98. The topological polar surface area (TPSA) is 38.3 Å². The Morgan fingerprint density at radius 1 is 0.914 bits per heavy atom. The summed E-state index contributed by atoms with van der Waals surface area (Å²) in [5, 5.41) is 2.99. The van der Waals surface area contributed by atoms with E-state index in [-0.39, 0.29) is 12.0 Å². The van der Waals surface area contributed by atoms with Crippen molar-refractivity contribution in [2.75, 3.05) is 6.61 Å². The van der Waals surface area contributed by atoms with E-state index in [1.54, 1.807) is 11.8 Å². The molecule has 1 N–H and O–H groups in total. The van der Waals surface area contributed by atoms with Crippen molar-refractivity contribution in [3.8, 4) is 11.1 Å². The minimum Gasteiger partial charge on any atom is -0.449 e. The van der Waals surface area contributed by atoms with E-state index < -0.39 is 6.09 Å². The number of carbonyl (C=O) groups is 1. The number of rotatable bonds is 7. The van der Waals surface area contributed by atoms with Crippen molar-refractivity contribution in [3.63, 3.8) is 0 Å². The monoisotopic (exact) mass is 543 g/mol. The van der Waals surface area contributed by atoms with Gasteiger partial charge in [-0.05, 0) is 52.4 Å². The minimum atomic E-state index is -0.409. The molecular weight excluding hydrogens is 518 g/mol. The molecule has 4 aromatic rings. The first kappa shape index (κ1) is 23.7. The highest BCUT2D eigenvalue weighted by Gasteiger charge is 2.29. The van der Waals surface area contributed by atoms with Crippen LogP contribution in [0.4, 0.5) is 4.79 Å². The Hall–Kier alpha value is -3.02. The summed E-state index contributed by atoms with van der Waals surface area (Å²) < 4.78 is 6.69. The van der Waals surface area contributed by atoms with Gasteiger partial charge in [0.2, 0.25) is 0 Å². The quantitative estimate of drug-likeness (QED) is 0.238. The number of nitrogens with one attached hydrogen (secondary N) is 1. The van der Waals surface area contributed by atoms with Gasteiger partial charge in [-0.2, -0.15) is 0 Å². The molecule has 0 heterocycles. The molecule has 1 aliphatic carbocycles. The first-order chi connectivity index (χ1) is 17.1. The number of alkyl carbamates (subject to hydrolysis) is 1. The first-order valence-corrected chi connectivity index (χ1v) is 13.5. The van der Waals surface area contributed by atoms with Crippen LogP contribution < -0.4 is 5.32 Å². The van der Waals surface area contributed by atoms with Gasteiger partial charge in [-0.15, -0.1) is 11.8 Å². The van der Waals surface area contributed by atoms with Crippen molar-refractivity contribution >= 4 is 33.8 Å². The second kappa shape index (κ2) is 10.7. The number of thioether (sulfide) groups is 1. The Bertz CT molecular complexity index is 1300. The van der Waals surface area contributed by atoms with Crippen molar-refractivity contribution in [2.24, 2.45) is 0 Å². The third-order valence-electron chi connectivity index (χ3n) is 6.36. The fourth-order valence-electron chi connectivity index (χ4n) is 4.58. The van der Waals surface area contributed by atoms with E-state index in [9.17, 15) is 4.79 Å². The fourth-order valence-corrected chi connectivity index (χ4v) is 6.35. The molecule has 5 heteroatoms. The number of ether oxygens (including phenoxy) is 1. The van der Waals surface area contributed by atoms with Crippen LogP contribution in [0.1, 0.15) is 41.1 Å². The van der Waals surface area contributed by atoms with Gasteiger partial charge in [0.25, 0.3) is 0 Å². The summed E-state index contributed by atoms with van der Waals surface area (Å²) in [4.78, 5) is 13.9. The van der Waals surface area contributed by atoms with Gasteiger partial charge in [0, 0.05) is 21.0 Å². The fraction of sp³-hybridized carbons (Fsp3) is 0.167. The largest absolute Gasteiger partial charge is 0.449 e. The van der Waals surface area contributed by atoms with Crippen LogP contribution in [0, 0.1) is 0 Å². The predicted molar refractivity (Wildman–Crippen MR) is 147 cm³/mol. The number of fused-ring (bicyclic) bond motifs is 3. The minimum absolute atomic E-state index is 0.0520.